The summed E-state index contributed by atoms with van der Waals surface area (Å²) in [6.07, 6.45) is 3.38. The van der Waals surface area contributed by atoms with E-state index in [-0.39, 0.29) is 23.8 Å². The topological polar surface area (TPSA) is 66.7 Å². The van der Waals surface area contributed by atoms with Gasteiger partial charge in [0.05, 0.1) is 16.6 Å². The summed E-state index contributed by atoms with van der Waals surface area (Å²) in [5.74, 6) is 1.07. The van der Waals surface area contributed by atoms with Crippen molar-refractivity contribution in [3.05, 3.63) is 39.9 Å². The predicted molar refractivity (Wildman–Crippen MR) is 97.9 cm³/mol. The SMILES string of the molecule is Cc1cc(C2CCCN2C(=O)C2CCN(C(=O)c3cccs3)CC2)on1. The van der Waals surface area contributed by atoms with Crippen molar-refractivity contribution >= 4 is 23.2 Å². The maximum absolute atomic E-state index is 13.1. The van der Waals surface area contributed by atoms with E-state index >= 15 is 0 Å². The van der Waals surface area contributed by atoms with Gasteiger partial charge in [-0.25, -0.2) is 0 Å². The Bertz CT molecular complexity index is 778. The lowest BCUT2D eigenvalue weighted by Gasteiger charge is -2.34. The Morgan fingerprint density at radius 1 is 1.23 bits per heavy atom. The van der Waals surface area contributed by atoms with Gasteiger partial charge >= 0.3 is 0 Å². The molecule has 0 N–H and O–H groups in total. The van der Waals surface area contributed by atoms with Gasteiger partial charge in [0, 0.05) is 31.6 Å². The van der Waals surface area contributed by atoms with Crippen LogP contribution in [0.4, 0.5) is 0 Å². The molecule has 0 radical (unpaired) electrons. The summed E-state index contributed by atoms with van der Waals surface area (Å²) in [4.78, 5) is 30.1. The van der Waals surface area contributed by atoms with Crippen LogP contribution < -0.4 is 0 Å². The van der Waals surface area contributed by atoms with Gasteiger partial charge in [0.1, 0.15) is 0 Å². The van der Waals surface area contributed by atoms with E-state index in [0.29, 0.717) is 13.1 Å². The average molecular weight is 373 g/mol. The minimum Gasteiger partial charge on any atom is -0.359 e. The minimum absolute atomic E-state index is 0.00740. The lowest BCUT2D eigenvalue weighted by molar-refractivity contribution is -0.138. The van der Waals surface area contributed by atoms with Crippen LogP contribution in [0.15, 0.2) is 28.1 Å². The van der Waals surface area contributed by atoms with Gasteiger partial charge < -0.3 is 14.3 Å². The third kappa shape index (κ3) is 3.28. The number of likely N-dealkylation sites (tertiary alicyclic amines) is 2. The second kappa shape index (κ2) is 7.23. The molecule has 2 saturated heterocycles. The fourth-order valence-electron chi connectivity index (χ4n) is 3.99. The van der Waals surface area contributed by atoms with E-state index in [0.717, 1.165) is 48.6 Å². The van der Waals surface area contributed by atoms with E-state index in [2.05, 4.69) is 5.16 Å². The van der Waals surface area contributed by atoms with Crippen molar-refractivity contribution < 1.29 is 14.1 Å². The molecule has 138 valence electrons. The van der Waals surface area contributed by atoms with E-state index in [9.17, 15) is 9.59 Å². The maximum Gasteiger partial charge on any atom is 0.263 e. The molecule has 0 saturated carbocycles. The number of thiophene rings is 1. The lowest BCUT2D eigenvalue weighted by Crippen LogP contribution is -2.44. The monoisotopic (exact) mass is 373 g/mol. The number of aromatic nitrogens is 1. The Morgan fingerprint density at radius 3 is 2.69 bits per heavy atom. The molecule has 2 amide bonds. The molecular weight excluding hydrogens is 350 g/mol. The molecule has 0 bridgehead atoms. The molecule has 0 spiro atoms. The molecule has 0 aliphatic carbocycles. The number of piperidine rings is 1. The number of carbonyl (C=O) groups is 2. The zero-order chi connectivity index (χ0) is 18.1. The first-order valence-electron chi connectivity index (χ1n) is 9.20. The molecule has 4 heterocycles. The van der Waals surface area contributed by atoms with Crippen LogP contribution >= 0.6 is 11.3 Å². The van der Waals surface area contributed by atoms with Gasteiger partial charge in [0.15, 0.2) is 5.76 Å². The number of nitrogens with zero attached hydrogens (tertiary/aromatic N) is 3. The highest BCUT2D eigenvalue weighted by atomic mass is 32.1. The van der Waals surface area contributed by atoms with Gasteiger partial charge in [0.25, 0.3) is 5.91 Å². The largest absolute Gasteiger partial charge is 0.359 e. The third-order valence-electron chi connectivity index (χ3n) is 5.37. The van der Waals surface area contributed by atoms with Crippen LogP contribution in [-0.4, -0.2) is 46.4 Å². The van der Waals surface area contributed by atoms with Crippen LogP contribution in [0.3, 0.4) is 0 Å². The number of amides is 2. The summed E-state index contributed by atoms with van der Waals surface area (Å²) in [6.45, 7) is 3.96. The molecule has 0 aromatic carbocycles. The van der Waals surface area contributed by atoms with Crippen molar-refractivity contribution in [1.29, 1.82) is 0 Å². The Balaban J connectivity index is 1.38. The fourth-order valence-corrected chi connectivity index (χ4v) is 4.68. The number of hydrogen-bond acceptors (Lipinski definition) is 5. The van der Waals surface area contributed by atoms with Crippen LogP contribution in [0.2, 0.25) is 0 Å². The van der Waals surface area contributed by atoms with Crippen LogP contribution in [0.25, 0.3) is 0 Å². The summed E-state index contributed by atoms with van der Waals surface area (Å²) in [5.41, 5.74) is 0.847. The number of aryl methyl sites for hydroxylation is 1. The van der Waals surface area contributed by atoms with Gasteiger partial charge in [-0.2, -0.15) is 0 Å². The smallest absolute Gasteiger partial charge is 0.263 e. The number of rotatable bonds is 3. The van der Waals surface area contributed by atoms with Gasteiger partial charge in [0.2, 0.25) is 5.91 Å². The molecule has 2 aliphatic heterocycles. The summed E-state index contributed by atoms with van der Waals surface area (Å²) in [6, 6.07) is 5.69. The van der Waals surface area contributed by atoms with Crippen molar-refractivity contribution in [2.45, 2.75) is 38.6 Å². The van der Waals surface area contributed by atoms with Crippen LogP contribution in [0.5, 0.6) is 0 Å². The second-order valence-electron chi connectivity index (χ2n) is 7.10. The number of hydrogen-bond donors (Lipinski definition) is 0. The Labute approximate surface area is 156 Å². The first kappa shape index (κ1) is 17.3. The van der Waals surface area contributed by atoms with E-state index < -0.39 is 0 Å². The average Bonchev–Trinajstić information content (AvgIpc) is 3.41. The highest BCUT2D eigenvalue weighted by Gasteiger charge is 2.37. The minimum atomic E-state index is -0.00740. The maximum atomic E-state index is 13.1. The van der Waals surface area contributed by atoms with Gasteiger partial charge in [-0.3, -0.25) is 9.59 Å². The van der Waals surface area contributed by atoms with Gasteiger partial charge in [-0.05, 0) is 44.1 Å². The second-order valence-corrected chi connectivity index (χ2v) is 8.05. The molecule has 26 heavy (non-hydrogen) atoms. The molecular formula is C19H23N3O3S. The first-order chi connectivity index (χ1) is 12.6. The van der Waals surface area contributed by atoms with E-state index in [1.54, 1.807) is 0 Å². The van der Waals surface area contributed by atoms with Crippen molar-refractivity contribution in [3.63, 3.8) is 0 Å². The summed E-state index contributed by atoms with van der Waals surface area (Å²) in [7, 11) is 0. The van der Waals surface area contributed by atoms with Crippen molar-refractivity contribution in [2.24, 2.45) is 5.92 Å². The Kier molecular flexibility index (Phi) is 4.80. The molecule has 7 heteroatoms. The Hall–Kier alpha value is -2.15. The Morgan fingerprint density at radius 2 is 2.04 bits per heavy atom. The zero-order valence-corrected chi connectivity index (χ0v) is 15.7. The predicted octanol–water partition coefficient (Wildman–Crippen LogP) is 3.26. The number of carbonyl (C=O) groups excluding carboxylic acids is 2. The van der Waals surface area contributed by atoms with Crippen LogP contribution in [-0.2, 0) is 4.79 Å². The van der Waals surface area contributed by atoms with E-state index in [1.807, 2.05) is 40.3 Å². The molecule has 2 fully saturated rings. The summed E-state index contributed by atoms with van der Waals surface area (Å²) < 4.78 is 5.41. The highest BCUT2D eigenvalue weighted by Crippen LogP contribution is 2.35. The molecule has 2 aromatic rings. The normalized spacial score (nSPS) is 21.3. The van der Waals surface area contributed by atoms with E-state index in [1.165, 1.54) is 11.3 Å². The fraction of sp³-hybridized carbons (Fsp3) is 0.526. The first-order valence-corrected chi connectivity index (χ1v) is 10.1. The standard InChI is InChI=1S/C19H23N3O3S/c1-13-12-16(25-20-13)15-4-2-8-22(15)18(23)14-6-9-21(10-7-14)19(24)17-5-3-11-26-17/h3,5,11-12,14-15H,2,4,6-10H2,1H3. The van der Waals surface area contributed by atoms with Gasteiger partial charge in [-0.15, -0.1) is 11.3 Å². The van der Waals surface area contributed by atoms with E-state index in [4.69, 9.17) is 4.52 Å². The van der Waals surface area contributed by atoms with Crippen molar-refractivity contribution in [2.75, 3.05) is 19.6 Å². The molecule has 2 aromatic heterocycles. The van der Waals surface area contributed by atoms with Crippen LogP contribution in [0.1, 0.15) is 52.9 Å². The highest BCUT2D eigenvalue weighted by molar-refractivity contribution is 7.12. The molecule has 6 nitrogen and oxygen atoms in total. The van der Waals surface area contributed by atoms with Crippen molar-refractivity contribution in [1.82, 2.24) is 15.0 Å². The zero-order valence-electron chi connectivity index (χ0n) is 14.9. The lowest BCUT2D eigenvalue weighted by atomic mass is 9.94. The molecule has 2 aliphatic rings. The summed E-state index contributed by atoms with van der Waals surface area (Å²) >= 11 is 1.47. The van der Waals surface area contributed by atoms with Crippen LogP contribution in [0, 0.1) is 12.8 Å². The van der Waals surface area contributed by atoms with Gasteiger partial charge in [-0.1, -0.05) is 11.2 Å². The molecule has 1 atom stereocenters. The van der Waals surface area contributed by atoms with Crippen molar-refractivity contribution in [3.8, 4) is 0 Å². The third-order valence-corrected chi connectivity index (χ3v) is 6.23. The molecule has 1 unspecified atom stereocenters. The quantitative estimate of drug-likeness (QED) is 0.828. The molecule has 4 rings (SSSR count). The summed E-state index contributed by atoms with van der Waals surface area (Å²) in [5, 5.41) is 5.88.